The van der Waals surface area contributed by atoms with Crippen molar-refractivity contribution in [1.82, 2.24) is 10.2 Å². The first-order chi connectivity index (χ1) is 6.51. The Morgan fingerprint density at radius 3 is 2.64 bits per heavy atom. The fourth-order valence-corrected chi connectivity index (χ4v) is 2.42. The Morgan fingerprint density at radius 1 is 1.36 bits per heavy atom. The van der Waals surface area contributed by atoms with Crippen LogP contribution < -0.4 is 5.32 Å². The van der Waals surface area contributed by atoms with Gasteiger partial charge in [-0.05, 0) is 44.3 Å². The van der Waals surface area contributed by atoms with E-state index in [0.717, 1.165) is 5.92 Å². The molecule has 0 aliphatic carbocycles. The highest BCUT2D eigenvalue weighted by atomic mass is 15.1. The number of hydrogen-bond donors (Lipinski definition) is 1. The van der Waals surface area contributed by atoms with Gasteiger partial charge in [0.15, 0.2) is 0 Å². The molecule has 0 spiro atoms. The molecule has 0 radical (unpaired) electrons. The fraction of sp³-hybridized carbons (Fsp3) is 1.00. The lowest BCUT2D eigenvalue weighted by Crippen LogP contribution is -2.42. The van der Waals surface area contributed by atoms with Crippen molar-refractivity contribution in [3.05, 3.63) is 0 Å². The van der Waals surface area contributed by atoms with Gasteiger partial charge in [0.05, 0.1) is 0 Å². The van der Waals surface area contributed by atoms with Crippen molar-refractivity contribution in [3.8, 4) is 0 Å². The molecular weight excluding hydrogens is 172 g/mol. The molecule has 1 atom stereocenters. The predicted octanol–water partition coefficient (Wildman–Crippen LogP) is 1.96. The molecule has 2 heteroatoms. The van der Waals surface area contributed by atoms with E-state index in [1.807, 2.05) is 0 Å². The molecule has 0 aromatic rings. The Hall–Kier alpha value is -0.0800. The normalized spacial score (nSPS) is 25.3. The summed E-state index contributed by atoms with van der Waals surface area (Å²) in [6.45, 7) is 12.0. The van der Waals surface area contributed by atoms with Crippen LogP contribution in [0.2, 0.25) is 0 Å². The maximum atomic E-state index is 3.29. The van der Waals surface area contributed by atoms with Crippen molar-refractivity contribution in [2.24, 2.45) is 11.3 Å². The number of piperidine rings is 1. The van der Waals surface area contributed by atoms with Crippen molar-refractivity contribution < 1.29 is 0 Å². The van der Waals surface area contributed by atoms with E-state index in [2.05, 4.69) is 38.0 Å². The number of hydrogen-bond acceptors (Lipinski definition) is 2. The minimum Gasteiger partial charge on any atom is -0.319 e. The second-order valence-electron chi connectivity index (χ2n) is 5.86. The van der Waals surface area contributed by atoms with Crippen molar-refractivity contribution in [2.75, 3.05) is 33.2 Å². The van der Waals surface area contributed by atoms with Crippen molar-refractivity contribution >= 4 is 0 Å². The number of nitrogens with one attached hydrogen (secondary N) is 1. The van der Waals surface area contributed by atoms with E-state index in [1.54, 1.807) is 0 Å². The van der Waals surface area contributed by atoms with Gasteiger partial charge in [-0.3, -0.25) is 0 Å². The van der Waals surface area contributed by atoms with Gasteiger partial charge in [0.1, 0.15) is 0 Å². The summed E-state index contributed by atoms with van der Waals surface area (Å²) in [5, 5.41) is 3.29. The van der Waals surface area contributed by atoms with Crippen LogP contribution in [-0.2, 0) is 0 Å². The van der Waals surface area contributed by atoms with E-state index < -0.39 is 0 Å². The molecule has 1 saturated heterocycles. The summed E-state index contributed by atoms with van der Waals surface area (Å²) < 4.78 is 0. The molecule has 0 amide bonds. The molecule has 14 heavy (non-hydrogen) atoms. The van der Waals surface area contributed by atoms with Crippen molar-refractivity contribution in [3.63, 3.8) is 0 Å². The Bertz CT molecular complexity index is 158. The highest BCUT2D eigenvalue weighted by molar-refractivity contribution is 4.77. The quantitative estimate of drug-likeness (QED) is 0.746. The van der Waals surface area contributed by atoms with Crippen LogP contribution in [0.3, 0.4) is 0 Å². The highest BCUT2D eigenvalue weighted by Gasteiger charge is 2.22. The van der Waals surface area contributed by atoms with Gasteiger partial charge in [-0.2, -0.15) is 0 Å². The summed E-state index contributed by atoms with van der Waals surface area (Å²) >= 11 is 0. The Labute approximate surface area is 89.1 Å². The average Bonchev–Trinajstić information content (AvgIpc) is 2.02. The lowest BCUT2D eigenvalue weighted by atomic mass is 9.92. The van der Waals surface area contributed by atoms with Crippen LogP contribution >= 0.6 is 0 Å². The van der Waals surface area contributed by atoms with Gasteiger partial charge in [0.25, 0.3) is 0 Å². The molecule has 1 unspecified atom stereocenters. The molecule has 0 saturated carbocycles. The molecule has 1 rings (SSSR count). The van der Waals surface area contributed by atoms with E-state index in [4.69, 9.17) is 0 Å². The second-order valence-corrected chi connectivity index (χ2v) is 5.86. The van der Waals surface area contributed by atoms with Crippen LogP contribution in [0.15, 0.2) is 0 Å². The summed E-state index contributed by atoms with van der Waals surface area (Å²) in [6, 6.07) is 0. The van der Waals surface area contributed by atoms with Crippen LogP contribution in [0.25, 0.3) is 0 Å². The topological polar surface area (TPSA) is 15.3 Å². The highest BCUT2D eigenvalue weighted by Crippen LogP contribution is 2.21. The maximum Gasteiger partial charge on any atom is 0.00302 e. The molecule has 0 bridgehead atoms. The molecule has 84 valence electrons. The maximum absolute atomic E-state index is 3.29. The zero-order valence-corrected chi connectivity index (χ0v) is 10.3. The molecule has 0 aromatic heterocycles. The first-order valence-electron chi connectivity index (χ1n) is 5.88. The van der Waals surface area contributed by atoms with Crippen molar-refractivity contribution in [1.29, 1.82) is 0 Å². The van der Waals surface area contributed by atoms with E-state index in [0.29, 0.717) is 5.41 Å². The molecule has 1 aliphatic heterocycles. The van der Waals surface area contributed by atoms with Crippen LogP contribution in [0.5, 0.6) is 0 Å². The van der Waals surface area contributed by atoms with E-state index in [-0.39, 0.29) is 0 Å². The number of nitrogens with zero attached hydrogens (tertiary/aromatic N) is 1. The minimum absolute atomic E-state index is 0.446. The summed E-state index contributed by atoms with van der Waals surface area (Å²) in [7, 11) is 2.06. The van der Waals surface area contributed by atoms with E-state index in [1.165, 1.54) is 39.0 Å². The van der Waals surface area contributed by atoms with Gasteiger partial charge in [0, 0.05) is 13.1 Å². The third-order valence-electron chi connectivity index (χ3n) is 2.79. The predicted molar refractivity (Wildman–Crippen MR) is 62.5 cm³/mol. The van der Waals surface area contributed by atoms with Gasteiger partial charge in [-0.25, -0.2) is 0 Å². The van der Waals surface area contributed by atoms with Gasteiger partial charge >= 0.3 is 0 Å². The summed E-state index contributed by atoms with van der Waals surface area (Å²) in [6.07, 6.45) is 2.78. The summed E-state index contributed by atoms with van der Waals surface area (Å²) in [5.41, 5.74) is 0.446. The first kappa shape index (κ1) is 12.0. The molecule has 1 heterocycles. The lowest BCUT2D eigenvalue weighted by Gasteiger charge is -2.36. The SMILES string of the molecule is CNCC1CCCN(CC(C)(C)C)C1. The smallest absolute Gasteiger partial charge is 0.00302 e. The van der Waals surface area contributed by atoms with Gasteiger partial charge in [-0.1, -0.05) is 20.8 Å². The standard InChI is InChI=1S/C12H26N2/c1-12(2,3)10-14-7-5-6-11(9-14)8-13-4/h11,13H,5-10H2,1-4H3. The van der Waals surface area contributed by atoms with Crippen LogP contribution in [-0.4, -0.2) is 38.1 Å². The monoisotopic (exact) mass is 198 g/mol. The zero-order chi connectivity index (χ0) is 10.6. The molecular formula is C12H26N2. The summed E-state index contributed by atoms with van der Waals surface area (Å²) in [5.74, 6) is 0.871. The third kappa shape index (κ3) is 4.43. The van der Waals surface area contributed by atoms with Gasteiger partial charge < -0.3 is 10.2 Å². The minimum atomic E-state index is 0.446. The zero-order valence-electron chi connectivity index (χ0n) is 10.3. The van der Waals surface area contributed by atoms with Gasteiger partial charge in [-0.15, -0.1) is 0 Å². The largest absolute Gasteiger partial charge is 0.319 e. The fourth-order valence-electron chi connectivity index (χ4n) is 2.42. The van der Waals surface area contributed by atoms with Crippen LogP contribution in [0.1, 0.15) is 33.6 Å². The second kappa shape index (κ2) is 5.13. The molecule has 1 aliphatic rings. The van der Waals surface area contributed by atoms with Crippen LogP contribution in [0.4, 0.5) is 0 Å². The molecule has 1 fully saturated rings. The average molecular weight is 198 g/mol. The Balaban J connectivity index is 2.32. The lowest BCUT2D eigenvalue weighted by molar-refractivity contribution is 0.128. The van der Waals surface area contributed by atoms with E-state index >= 15 is 0 Å². The van der Waals surface area contributed by atoms with E-state index in [9.17, 15) is 0 Å². The van der Waals surface area contributed by atoms with Gasteiger partial charge in [0.2, 0.25) is 0 Å². The Morgan fingerprint density at radius 2 is 2.07 bits per heavy atom. The number of likely N-dealkylation sites (tertiary alicyclic amines) is 1. The van der Waals surface area contributed by atoms with Crippen molar-refractivity contribution in [2.45, 2.75) is 33.6 Å². The Kier molecular flexibility index (Phi) is 4.39. The number of rotatable bonds is 3. The molecule has 2 nitrogen and oxygen atoms in total. The third-order valence-corrected chi connectivity index (χ3v) is 2.79. The summed E-state index contributed by atoms with van der Waals surface area (Å²) in [4.78, 5) is 2.63. The first-order valence-corrected chi connectivity index (χ1v) is 5.88. The van der Waals surface area contributed by atoms with Crippen LogP contribution in [0, 0.1) is 11.3 Å². The molecule has 0 aromatic carbocycles. The molecule has 1 N–H and O–H groups in total.